The van der Waals surface area contributed by atoms with E-state index in [1.54, 1.807) is 0 Å². The van der Waals surface area contributed by atoms with Gasteiger partial charge in [-0.1, -0.05) is 0 Å². The van der Waals surface area contributed by atoms with Gasteiger partial charge in [-0.25, -0.2) is 0 Å². The summed E-state index contributed by atoms with van der Waals surface area (Å²) in [6.07, 6.45) is 3.93. The van der Waals surface area contributed by atoms with Gasteiger partial charge in [0.15, 0.2) is 4.67 Å². The lowest BCUT2D eigenvalue weighted by Gasteiger charge is -2.47. The molecule has 2 fully saturated rings. The molecule has 2 aliphatic rings. The number of hydrogen-bond acceptors (Lipinski definition) is 4. The van der Waals surface area contributed by atoms with Gasteiger partial charge in [0.2, 0.25) is 0 Å². The SMILES string of the molecule is CN1CCCC2CN(C(CN)c3ccc(Br)o3)CCC21. The van der Waals surface area contributed by atoms with Gasteiger partial charge in [0.1, 0.15) is 5.76 Å². The van der Waals surface area contributed by atoms with Crippen LogP contribution in [0.1, 0.15) is 31.1 Å². The molecular weight excluding hydrogens is 318 g/mol. The Morgan fingerprint density at radius 2 is 2.25 bits per heavy atom. The van der Waals surface area contributed by atoms with Crippen molar-refractivity contribution in [1.82, 2.24) is 9.80 Å². The molecule has 20 heavy (non-hydrogen) atoms. The largest absolute Gasteiger partial charge is 0.453 e. The first-order chi connectivity index (χ1) is 9.69. The normalized spacial score (nSPS) is 30.1. The first-order valence-corrected chi connectivity index (χ1v) is 8.38. The van der Waals surface area contributed by atoms with Gasteiger partial charge in [0, 0.05) is 25.7 Å². The second-order valence-electron chi connectivity index (χ2n) is 6.13. The molecular formula is C15H24BrN3O. The monoisotopic (exact) mass is 341 g/mol. The van der Waals surface area contributed by atoms with Crippen LogP contribution in [0.25, 0.3) is 0 Å². The Labute approximate surface area is 129 Å². The van der Waals surface area contributed by atoms with Crippen molar-refractivity contribution in [3.05, 3.63) is 22.6 Å². The number of piperidine rings is 2. The van der Waals surface area contributed by atoms with Crippen LogP contribution in [-0.4, -0.2) is 49.1 Å². The first-order valence-electron chi connectivity index (χ1n) is 7.58. The molecule has 2 aliphatic heterocycles. The summed E-state index contributed by atoms with van der Waals surface area (Å²) in [5.41, 5.74) is 6.01. The van der Waals surface area contributed by atoms with E-state index in [-0.39, 0.29) is 6.04 Å². The Bertz CT molecular complexity index is 450. The fraction of sp³-hybridized carbons (Fsp3) is 0.733. The van der Waals surface area contributed by atoms with Gasteiger partial charge in [0.05, 0.1) is 6.04 Å². The van der Waals surface area contributed by atoms with Crippen LogP contribution in [-0.2, 0) is 0 Å². The maximum Gasteiger partial charge on any atom is 0.169 e. The molecule has 0 radical (unpaired) electrons. The summed E-state index contributed by atoms with van der Waals surface area (Å²) < 4.78 is 6.52. The van der Waals surface area contributed by atoms with Crippen LogP contribution in [0, 0.1) is 5.92 Å². The predicted octanol–water partition coefficient (Wildman–Crippen LogP) is 2.46. The van der Waals surface area contributed by atoms with Crippen molar-refractivity contribution in [2.75, 3.05) is 33.2 Å². The van der Waals surface area contributed by atoms with E-state index in [1.165, 1.54) is 25.8 Å². The Morgan fingerprint density at radius 1 is 1.40 bits per heavy atom. The van der Waals surface area contributed by atoms with Gasteiger partial charge < -0.3 is 15.1 Å². The third kappa shape index (κ3) is 2.82. The van der Waals surface area contributed by atoms with E-state index in [0.717, 1.165) is 35.5 Å². The number of nitrogens with two attached hydrogens (primary N) is 1. The molecule has 4 nitrogen and oxygen atoms in total. The average Bonchev–Trinajstić information content (AvgIpc) is 2.86. The molecule has 0 saturated carbocycles. The lowest BCUT2D eigenvalue weighted by molar-refractivity contribution is 0.0170. The predicted molar refractivity (Wildman–Crippen MR) is 83.5 cm³/mol. The Kier molecular flexibility index (Phi) is 4.50. The molecule has 3 unspecified atom stereocenters. The van der Waals surface area contributed by atoms with Crippen LogP contribution >= 0.6 is 15.9 Å². The minimum Gasteiger partial charge on any atom is -0.453 e. The van der Waals surface area contributed by atoms with E-state index in [2.05, 4.69) is 32.8 Å². The summed E-state index contributed by atoms with van der Waals surface area (Å²) in [5, 5.41) is 0. The summed E-state index contributed by atoms with van der Waals surface area (Å²) >= 11 is 3.38. The molecule has 3 heterocycles. The summed E-state index contributed by atoms with van der Waals surface area (Å²) in [7, 11) is 2.27. The van der Waals surface area contributed by atoms with E-state index < -0.39 is 0 Å². The Balaban J connectivity index is 1.71. The molecule has 2 saturated heterocycles. The smallest absolute Gasteiger partial charge is 0.169 e. The number of halogens is 1. The van der Waals surface area contributed by atoms with E-state index in [1.807, 2.05) is 12.1 Å². The zero-order valence-electron chi connectivity index (χ0n) is 12.1. The summed E-state index contributed by atoms with van der Waals surface area (Å²) in [4.78, 5) is 5.07. The highest BCUT2D eigenvalue weighted by molar-refractivity contribution is 9.10. The quantitative estimate of drug-likeness (QED) is 0.917. The number of fused-ring (bicyclic) bond motifs is 1. The van der Waals surface area contributed by atoms with Gasteiger partial charge in [-0.15, -0.1) is 0 Å². The molecule has 1 aromatic rings. The number of hydrogen-bond donors (Lipinski definition) is 1. The van der Waals surface area contributed by atoms with Gasteiger partial charge in [-0.2, -0.15) is 0 Å². The number of rotatable bonds is 3. The Morgan fingerprint density at radius 3 is 2.95 bits per heavy atom. The number of nitrogens with zero attached hydrogens (tertiary/aromatic N) is 2. The minimum absolute atomic E-state index is 0.217. The molecule has 0 spiro atoms. The minimum atomic E-state index is 0.217. The van der Waals surface area contributed by atoms with Gasteiger partial charge >= 0.3 is 0 Å². The zero-order chi connectivity index (χ0) is 14.1. The molecule has 0 aliphatic carbocycles. The molecule has 3 atom stereocenters. The molecule has 5 heteroatoms. The first kappa shape index (κ1) is 14.6. The number of likely N-dealkylation sites (tertiary alicyclic amines) is 2. The van der Waals surface area contributed by atoms with Crippen molar-refractivity contribution in [2.45, 2.75) is 31.3 Å². The van der Waals surface area contributed by atoms with Crippen molar-refractivity contribution < 1.29 is 4.42 Å². The zero-order valence-corrected chi connectivity index (χ0v) is 13.7. The highest BCUT2D eigenvalue weighted by Gasteiger charge is 2.36. The third-order valence-corrected chi connectivity index (χ3v) is 5.39. The van der Waals surface area contributed by atoms with E-state index in [4.69, 9.17) is 10.2 Å². The molecule has 2 N–H and O–H groups in total. The van der Waals surface area contributed by atoms with Crippen LogP contribution in [0.15, 0.2) is 21.2 Å². The van der Waals surface area contributed by atoms with Crippen molar-refractivity contribution in [3.8, 4) is 0 Å². The maximum absolute atomic E-state index is 6.01. The fourth-order valence-corrected chi connectivity index (χ4v) is 4.24. The lowest BCUT2D eigenvalue weighted by Crippen LogP contribution is -2.53. The van der Waals surface area contributed by atoms with Crippen LogP contribution in [0.5, 0.6) is 0 Å². The van der Waals surface area contributed by atoms with E-state index >= 15 is 0 Å². The average molecular weight is 342 g/mol. The van der Waals surface area contributed by atoms with Crippen molar-refractivity contribution in [2.24, 2.45) is 11.7 Å². The van der Waals surface area contributed by atoms with Crippen molar-refractivity contribution in [1.29, 1.82) is 0 Å². The van der Waals surface area contributed by atoms with Gasteiger partial charge in [-0.05, 0) is 66.8 Å². The molecule has 0 amide bonds. The summed E-state index contributed by atoms with van der Waals surface area (Å²) in [5.74, 6) is 1.77. The third-order valence-electron chi connectivity index (χ3n) is 4.96. The molecule has 0 bridgehead atoms. The van der Waals surface area contributed by atoms with Crippen molar-refractivity contribution >= 4 is 15.9 Å². The van der Waals surface area contributed by atoms with Crippen LogP contribution < -0.4 is 5.73 Å². The topological polar surface area (TPSA) is 45.6 Å². The highest BCUT2D eigenvalue weighted by Crippen LogP contribution is 2.34. The summed E-state index contributed by atoms with van der Waals surface area (Å²) in [6.45, 7) is 4.14. The fourth-order valence-electron chi connectivity index (χ4n) is 3.92. The molecule has 3 rings (SSSR count). The highest BCUT2D eigenvalue weighted by atomic mass is 79.9. The second-order valence-corrected chi connectivity index (χ2v) is 6.91. The van der Waals surface area contributed by atoms with Crippen molar-refractivity contribution in [3.63, 3.8) is 0 Å². The van der Waals surface area contributed by atoms with Crippen LogP contribution in [0.4, 0.5) is 0 Å². The maximum atomic E-state index is 6.01. The van der Waals surface area contributed by atoms with Gasteiger partial charge in [-0.3, -0.25) is 4.90 Å². The number of furan rings is 1. The molecule has 1 aromatic heterocycles. The van der Waals surface area contributed by atoms with Gasteiger partial charge in [0.25, 0.3) is 0 Å². The van der Waals surface area contributed by atoms with E-state index in [0.29, 0.717) is 6.54 Å². The molecule has 0 aromatic carbocycles. The van der Waals surface area contributed by atoms with Crippen LogP contribution in [0.3, 0.4) is 0 Å². The molecule has 112 valence electrons. The standard InChI is InChI=1S/C15H24BrN3O/c1-18-7-2-3-11-10-19(8-6-12(11)18)13(9-17)14-4-5-15(16)20-14/h4-5,11-13H,2-3,6-10,17H2,1H3. The second kappa shape index (κ2) is 6.18. The Hall–Kier alpha value is -0.360. The van der Waals surface area contributed by atoms with E-state index in [9.17, 15) is 0 Å². The lowest BCUT2D eigenvalue weighted by atomic mass is 9.83. The summed E-state index contributed by atoms with van der Waals surface area (Å²) in [6, 6.07) is 4.98. The van der Waals surface area contributed by atoms with Crippen LogP contribution in [0.2, 0.25) is 0 Å².